The van der Waals surface area contributed by atoms with Crippen LogP contribution in [0.4, 0.5) is 10.5 Å². The van der Waals surface area contributed by atoms with Gasteiger partial charge in [0.05, 0.1) is 17.7 Å². The lowest BCUT2D eigenvalue weighted by molar-refractivity contribution is 0.0462. The Labute approximate surface area is 211 Å². The highest BCUT2D eigenvalue weighted by Gasteiger charge is 2.33. The van der Waals surface area contributed by atoms with Crippen LogP contribution >= 0.6 is 23.2 Å². The van der Waals surface area contributed by atoms with E-state index < -0.39 is 17.5 Å². The molecule has 0 unspecified atom stereocenters. The Bertz CT molecular complexity index is 1420. The summed E-state index contributed by atoms with van der Waals surface area (Å²) in [7, 11) is 0. The van der Waals surface area contributed by atoms with Crippen LogP contribution in [0.5, 0.6) is 0 Å². The van der Waals surface area contributed by atoms with Gasteiger partial charge in [-0.25, -0.2) is 9.78 Å². The molecule has 0 saturated carbocycles. The summed E-state index contributed by atoms with van der Waals surface area (Å²) < 4.78 is 10.8. The van der Waals surface area contributed by atoms with Crippen molar-refractivity contribution in [1.82, 2.24) is 4.98 Å². The van der Waals surface area contributed by atoms with Crippen LogP contribution in [0.15, 0.2) is 59.0 Å². The molecule has 0 spiro atoms. The number of furan rings is 1. The lowest BCUT2D eigenvalue weighted by atomic mass is 9.97. The first-order valence-electron chi connectivity index (χ1n) is 10.8. The molecule has 2 aromatic heterocycles. The van der Waals surface area contributed by atoms with Crippen molar-refractivity contribution in [3.63, 3.8) is 0 Å². The Kier molecular flexibility index (Phi) is 6.85. The van der Waals surface area contributed by atoms with Gasteiger partial charge in [0, 0.05) is 21.2 Å². The van der Waals surface area contributed by atoms with Crippen molar-refractivity contribution in [2.45, 2.75) is 26.4 Å². The number of aromatic nitrogens is 1. The Morgan fingerprint density at radius 3 is 2.40 bits per heavy atom. The minimum atomic E-state index is -1.76. The van der Waals surface area contributed by atoms with Crippen molar-refractivity contribution in [1.29, 1.82) is 0 Å². The summed E-state index contributed by atoms with van der Waals surface area (Å²) in [6, 6.07) is 16.1. The summed E-state index contributed by atoms with van der Waals surface area (Å²) in [5.74, 6) is -0.971. The average Bonchev–Trinajstić information content (AvgIpc) is 3.15. The van der Waals surface area contributed by atoms with Gasteiger partial charge in [-0.1, -0.05) is 53.5 Å². The molecule has 0 aliphatic carbocycles. The largest absolute Gasteiger partial charge is 0.450 e. The van der Waals surface area contributed by atoms with Crippen LogP contribution in [0.1, 0.15) is 31.3 Å². The summed E-state index contributed by atoms with van der Waals surface area (Å²) in [4.78, 5) is 30.0. The van der Waals surface area contributed by atoms with Crippen molar-refractivity contribution in [3.05, 3.63) is 70.4 Å². The fourth-order valence-electron chi connectivity index (χ4n) is 3.56. The van der Waals surface area contributed by atoms with Gasteiger partial charge < -0.3 is 14.3 Å². The van der Waals surface area contributed by atoms with E-state index in [1.165, 1.54) is 13.8 Å². The van der Waals surface area contributed by atoms with Crippen molar-refractivity contribution < 1.29 is 23.8 Å². The molecule has 4 aromatic rings. The number of hydrogen-bond donors (Lipinski definition) is 2. The second-order valence-electron chi connectivity index (χ2n) is 8.26. The van der Waals surface area contributed by atoms with Gasteiger partial charge in [0.25, 0.3) is 0 Å². The number of ketones is 1. The predicted molar refractivity (Wildman–Crippen MR) is 136 cm³/mol. The van der Waals surface area contributed by atoms with Crippen molar-refractivity contribution >= 4 is 51.9 Å². The standard InChI is InChI=1S/C26H22Cl2N2O5/c1-4-34-25(32)30-21-18-13-17(14-9-11-15(27)12-10-14)20(16-7-5-6-8-19(16)28)29-24(18)35-22(21)23(31)26(2,3)33/h5-13,33H,4H2,1-3H3,(H,30,32). The number of nitrogens with zero attached hydrogens (tertiary/aromatic N) is 1. The highest BCUT2D eigenvalue weighted by molar-refractivity contribution is 6.33. The summed E-state index contributed by atoms with van der Waals surface area (Å²) >= 11 is 12.6. The molecule has 2 aromatic carbocycles. The van der Waals surface area contributed by atoms with Gasteiger partial charge in [-0.2, -0.15) is 0 Å². The van der Waals surface area contributed by atoms with E-state index in [9.17, 15) is 14.7 Å². The molecule has 2 heterocycles. The molecular weight excluding hydrogens is 491 g/mol. The Morgan fingerprint density at radius 2 is 1.77 bits per heavy atom. The predicted octanol–water partition coefficient (Wildman–Crippen LogP) is 6.99. The van der Waals surface area contributed by atoms with E-state index in [0.717, 1.165) is 5.56 Å². The minimum absolute atomic E-state index is 0.0546. The smallest absolute Gasteiger partial charge is 0.411 e. The topological polar surface area (TPSA) is 102 Å². The third-order valence-corrected chi connectivity index (χ3v) is 5.81. The number of benzene rings is 2. The zero-order chi connectivity index (χ0) is 25.3. The van der Waals surface area contributed by atoms with Crippen LogP contribution < -0.4 is 5.32 Å². The van der Waals surface area contributed by atoms with Gasteiger partial charge in [-0.3, -0.25) is 10.1 Å². The van der Waals surface area contributed by atoms with Crippen LogP contribution in [0.2, 0.25) is 10.0 Å². The molecule has 35 heavy (non-hydrogen) atoms. The summed E-state index contributed by atoms with van der Waals surface area (Å²) in [5.41, 5.74) is 0.964. The van der Waals surface area contributed by atoms with Gasteiger partial charge in [-0.05, 0) is 50.6 Å². The van der Waals surface area contributed by atoms with Crippen molar-refractivity contribution in [2.75, 3.05) is 11.9 Å². The first-order valence-corrected chi connectivity index (χ1v) is 11.5. The van der Waals surface area contributed by atoms with E-state index in [0.29, 0.717) is 32.3 Å². The van der Waals surface area contributed by atoms with Crippen LogP contribution in [0, 0.1) is 0 Å². The van der Waals surface area contributed by atoms with Crippen molar-refractivity contribution in [2.24, 2.45) is 0 Å². The molecule has 0 atom stereocenters. The number of ether oxygens (including phenoxy) is 1. The molecule has 0 bridgehead atoms. The number of anilines is 1. The molecule has 0 radical (unpaired) electrons. The number of hydrogen-bond acceptors (Lipinski definition) is 6. The van der Waals surface area contributed by atoms with Gasteiger partial charge in [0.15, 0.2) is 5.76 Å². The zero-order valence-corrected chi connectivity index (χ0v) is 20.7. The molecule has 0 aliphatic heterocycles. The van der Waals surface area contributed by atoms with Crippen LogP contribution in [0.3, 0.4) is 0 Å². The number of rotatable bonds is 6. The SMILES string of the molecule is CCOC(=O)Nc1c(C(=O)C(C)(C)O)oc2nc(-c3ccccc3Cl)c(-c3ccc(Cl)cc3)cc12. The molecule has 0 aliphatic rings. The maximum Gasteiger partial charge on any atom is 0.411 e. The monoisotopic (exact) mass is 512 g/mol. The molecule has 4 rings (SSSR count). The fraction of sp³-hybridized carbons (Fsp3) is 0.192. The second kappa shape index (κ2) is 9.70. The molecule has 9 heteroatoms. The summed E-state index contributed by atoms with van der Waals surface area (Å²) in [5, 5.41) is 14.3. The van der Waals surface area contributed by atoms with Crippen molar-refractivity contribution in [3.8, 4) is 22.4 Å². The number of fused-ring (bicyclic) bond motifs is 1. The number of carbonyl (C=O) groups is 2. The molecule has 1 amide bonds. The van der Waals surface area contributed by atoms with Gasteiger partial charge >= 0.3 is 6.09 Å². The third kappa shape index (κ3) is 5.03. The quantitative estimate of drug-likeness (QED) is 0.270. The lowest BCUT2D eigenvalue weighted by Gasteiger charge is -2.14. The van der Waals surface area contributed by atoms with Gasteiger partial charge in [-0.15, -0.1) is 0 Å². The Balaban J connectivity index is 2.04. The molecule has 0 fully saturated rings. The Morgan fingerprint density at radius 1 is 1.09 bits per heavy atom. The number of carbonyl (C=O) groups excluding carboxylic acids is 2. The second-order valence-corrected chi connectivity index (χ2v) is 9.11. The highest BCUT2D eigenvalue weighted by Crippen LogP contribution is 2.41. The number of pyridine rings is 1. The number of aliphatic hydroxyl groups is 1. The van der Waals surface area contributed by atoms with E-state index in [1.807, 2.05) is 24.3 Å². The average molecular weight is 513 g/mol. The molecule has 7 nitrogen and oxygen atoms in total. The molecular formula is C26H22Cl2N2O5. The highest BCUT2D eigenvalue weighted by atomic mass is 35.5. The number of Topliss-reactive ketones (excluding diaryl/α,β-unsaturated/α-hetero) is 1. The molecule has 0 saturated heterocycles. The molecule has 180 valence electrons. The first kappa shape index (κ1) is 24.7. The lowest BCUT2D eigenvalue weighted by Crippen LogP contribution is -2.31. The fourth-order valence-corrected chi connectivity index (χ4v) is 3.91. The summed E-state index contributed by atoms with van der Waals surface area (Å²) in [6.45, 7) is 4.45. The first-order chi connectivity index (χ1) is 16.6. The maximum atomic E-state index is 13.0. The maximum absolute atomic E-state index is 13.0. The third-order valence-electron chi connectivity index (χ3n) is 5.23. The van der Waals surface area contributed by atoms with E-state index in [2.05, 4.69) is 5.32 Å². The van der Waals surface area contributed by atoms with E-state index in [4.69, 9.17) is 37.3 Å². The number of nitrogens with one attached hydrogen (secondary N) is 1. The van der Waals surface area contributed by atoms with Gasteiger partial charge in [0.2, 0.25) is 11.5 Å². The normalized spacial score (nSPS) is 11.5. The van der Waals surface area contributed by atoms with Crippen LogP contribution in [-0.4, -0.2) is 34.2 Å². The van der Waals surface area contributed by atoms with Crippen LogP contribution in [-0.2, 0) is 4.74 Å². The Hall–Kier alpha value is -3.39. The minimum Gasteiger partial charge on any atom is -0.450 e. The van der Waals surface area contributed by atoms with E-state index >= 15 is 0 Å². The number of halogens is 2. The van der Waals surface area contributed by atoms with Gasteiger partial charge in [0.1, 0.15) is 11.3 Å². The number of amides is 1. The van der Waals surface area contributed by atoms with E-state index in [1.54, 1.807) is 37.3 Å². The van der Waals surface area contributed by atoms with E-state index in [-0.39, 0.29) is 23.8 Å². The zero-order valence-electron chi connectivity index (χ0n) is 19.2. The summed E-state index contributed by atoms with van der Waals surface area (Å²) in [6.07, 6.45) is -0.775. The molecule has 2 N–H and O–H groups in total. The van der Waals surface area contributed by atoms with Crippen LogP contribution in [0.25, 0.3) is 33.5 Å².